The molecule has 0 aromatic carbocycles. The van der Waals surface area contributed by atoms with Gasteiger partial charge in [-0.25, -0.2) is 0 Å². The molecule has 5 nitrogen and oxygen atoms in total. The van der Waals surface area contributed by atoms with Gasteiger partial charge in [0.05, 0.1) is 5.75 Å². The molecule has 1 aromatic rings. The minimum absolute atomic E-state index is 0.0405. The number of carbonyl (C=O) groups is 1. The van der Waals surface area contributed by atoms with Crippen LogP contribution >= 0.6 is 23.5 Å². The predicted molar refractivity (Wildman–Crippen MR) is 73.2 cm³/mol. The van der Waals surface area contributed by atoms with Crippen LogP contribution in [0.25, 0.3) is 0 Å². The van der Waals surface area contributed by atoms with Crippen LogP contribution in [0.3, 0.4) is 0 Å². The van der Waals surface area contributed by atoms with Crippen LogP contribution in [0.4, 0.5) is 0 Å². The van der Waals surface area contributed by atoms with E-state index in [-0.39, 0.29) is 5.75 Å². The van der Waals surface area contributed by atoms with Crippen LogP contribution in [0.2, 0.25) is 0 Å². The highest BCUT2D eigenvalue weighted by atomic mass is 32.2. The van der Waals surface area contributed by atoms with Crippen LogP contribution in [0.15, 0.2) is 11.5 Å². The van der Waals surface area contributed by atoms with Gasteiger partial charge in [-0.05, 0) is 31.9 Å². The molecule has 1 aliphatic rings. The van der Waals surface area contributed by atoms with Crippen molar-refractivity contribution in [1.29, 1.82) is 0 Å². The first-order chi connectivity index (χ1) is 8.70. The lowest BCUT2D eigenvalue weighted by Crippen LogP contribution is -2.19. The summed E-state index contributed by atoms with van der Waals surface area (Å²) in [5.41, 5.74) is 0. The Morgan fingerprint density at radius 3 is 2.83 bits per heavy atom. The monoisotopic (exact) mass is 287 g/mol. The first-order valence-electron chi connectivity index (χ1n) is 5.97. The molecule has 0 saturated heterocycles. The molecule has 0 spiro atoms. The second kappa shape index (κ2) is 6.47. The molecule has 0 unspecified atom stereocenters. The molecule has 18 heavy (non-hydrogen) atoms. The molecule has 1 saturated carbocycles. The van der Waals surface area contributed by atoms with Gasteiger partial charge in [0.15, 0.2) is 5.16 Å². The zero-order valence-corrected chi connectivity index (χ0v) is 11.9. The zero-order chi connectivity index (χ0) is 13.0. The fourth-order valence-electron chi connectivity index (χ4n) is 2.27. The van der Waals surface area contributed by atoms with Crippen molar-refractivity contribution in [1.82, 2.24) is 14.8 Å². The lowest BCUT2D eigenvalue weighted by molar-refractivity contribution is -0.133. The summed E-state index contributed by atoms with van der Waals surface area (Å²) < 4.78 is 2.05. The van der Waals surface area contributed by atoms with Crippen LogP contribution in [-0.2, 0) is 4.79 Å². The van der Waals surface area contributed by atoms with Crippen LogP contribution in [0.5, 0.6) is 0 Å². The molecule has 1 heterocycles. The van der Waals surface area contributed by atoms with Crippen molar-refractivity contribution in [3.05, 3.63) is 6.33 Å². The standard InChI is InChI=1S/C11H17N3O2S2/c1-17-9-4-2-8(3-5-9)14-7-12-13-11(14)18-6-10(15)16/h7-9H,2-6H2,1H3,(H,15,16). The fraction of sp³-hybridized carbons (Fsp3) is 0.727. The molecular formula is C11H17N3O2S2. The second-order valence-electron chi connectivity index (χ2n) is 4.37. The van der Waals surface area contributed by atoms with Gasteiger partial charge in [0.25, 0.3) is 0 Å². The summed E-state index contributed by atoms with van der Waals surface area (Å²) in [6.45, 7) is 0. The van der Waals surface area contributed by atoms with Gasteiger partial charge in [-0.15, -0.1) is 10.2 Å². The number of hydrogen-bond donors (Lipinski definition) is 1. The van der Waals surface area contributed by atoms with E-state index in [1.165, 1.54) is 24.6 Å². The Labute approximate surface area is 115 Å². The number of rotatable bonds is 5. The van der Waals surface area contributed by atoms with Crippen molar-refractivity contribution in [2.45, 2.75) is 42.1 Å². The normalized spacial score (nSPS) is 24.1. The molecule has 0 aliphatic heterocycles. The molecule has 1 N–H and O–H groups in total. The highest BCUT2D eigenvalue weighted by molar-refractivity contribution is 7.99. The van der Waals surface area contributed by atoms with Crippen molar-refractivity contribution < 1.29 is 9.90 Å². The molecule has 0 atom stereocenters. The molecule has 100 valence electrons. The van der Waals surface area contributed by atoms with Crippen LogP contribution < -0.4 is 0 Å². The molecule has 0 bridgehead atoms. The molecule has 2 rings (SSSR count). The molecule has 0 amide bonds. The molecule has 0 radical (unpaired) electrons. The van der Waals surface area contributed by atoms with Gasteiger partial charge in [0, 0.05) is 11.3 Å². The highest BCUT2D eigenvalue weighted by Crippen LogP contribution is 2.35. The van der Waals surface area contributed by atoms with Crippen molar-refractivity contribution in [3.8, 4) is 0 Å². The Bertz CT molecular complexity index is 403. The van der Waals surface area contributed by atoms with E-state index in [4.69, 9.17) is 5.11 Å². The quantitative estimate of drug-likeness (QED) is 0.838. The lowest BCUT2D eigenvalue weighted by atomic mass is 9.95. The summed E-state index contributed by atoms with van der Waals surface area (Å²) in [5.74, 6) is -0.778. The van der Waals surface area contributed by atoms with Crippen molar-refractivity contribution in [3.63, 3.8) is 0 Å². The van der Waals surface area contributed by atoms with Crippen LogP contribution in [0, 0.1) is 0 Å². The highest BCUT2D eigenvalue weighted by Gasteiger charge is 2.23. The summed E-state index contributed by atoms with van der Waals surface area (Å²) in [5, 5.41) is 18.1. The summed E-state index contributed by atoms with van der Waals surface area (Å²) in [4.78, 5) is 10.6. The SMILES string of the molecule is CSC1CCC(n2cnnc2SCC(=O)O)CC1. The van der Waals surface area contributed by atoms with E-state index in [0.717, 1.165) is 23.2 Å². The number of hydrogen-bond acceptors (Lipinski definition) is 5. The largest absolute Gasteiger partial charge is 0.481 e. The molecule has 7 heteroatoms. The Hall–Kier alpha value is -0.690. The second-order valence-corrected chi connectivity index (χ2v) is 6.45. The number of carboxylic acid groups (broad SMARTS) is 1. The Kier molecular flexibility index (Phi) is 4.94. The number of nitrogens with zero attached hydrogens (tertiary/aromatic N) is 3. The minimum atomic E-state index is -0.819. The van der Waals surface area contributed by atoms with E-state index in [9.17, 15) is 4.79 Å². The number of thioether (sulfide) groups is 2. The van der Waals surface area contributed by atoms with E-state index in [1.807, 2.05) is 16.3 Å². The average Bonchev–Trinajstić information content (AvgIpc) is 2.85. The summed E-state index contributed by atoms with van der Waals surface area (Å²) >= 11 is 3.19. The summed E-state index contributed by atoms with van der Waals surface area (Å²) in [7, 11) is 0. The third-order valence-electron chi connectivity index (χ3n) is 3.24. The molecule has 1 aliphatic carbocycles. The van der Waals surface area contributed by atoms with Crippen molar-refractivity contribution in [2.75, 3.05) is 12.0 Å². The van der Waals surface area contributed by atoms with Gasteiger partial charge in [0.2, 0.25) is 0 Å². The van der Waals surface area contributed by atoms with E-state index in [2.05, 4.69) is 16.5 Å². The summed E-state index contributed by atoms with van der Waals surface area (Å²) in [6, 6.07) is 0.430. The van der Waals surface area contributed by atoms with Gasteiger partial charge in [-0.3, -0.25) is 4.79 Å². The average molecular weight is 287 g/mol. The fourth-order valence-corrected chi connectivity index (χ4v) is 3.72. The van der Waals surface area contributed by atoms with E-state index in [0.29, 0.717) is 6.04 Å². The van der Waals surface area contributed by atoms with Gasteiger partial charge >= 0.3 is 5.97 Å². The maximum atomic E-state index is 10.6. The first kappa shape index (κ1) is 13.7. The van der Waals surface area contributed by atoms with Gasteiger partial charge < -0.3 is 9.67 Å². The Morgan fingerprint density at radius 2 is 2.22 bits per heavy atom. The molecule has 1 aromatic heterocycles. The smallest absolute Gasteiger partial charge is 0.313 e. The van der Waals surface area contributed by atoms with Crippen LogP contribution in [-0.4, -0.2) is 43.1 Å². The first-order valence-corrected chi connectivity index (χ1v) is 8.25. The number of carboxylic acids is 1. The number of aliphatic carboxylic acids is 1. The van der Waals surface area contributed by atoms with E-state index >= 15 is 0 Å². The van der Waals surface area contributed by atoms with Crippen LogP contribution in [0.1, 0.15) is 31.7 Å². The van der Waals surface area contributed by atoms with E-state index in [1.54, 1.807) is 6.33 Å². The van der Waals surface area contributed by atoms with E-state index < -0.39 is 5.97 Å². The third-order valence-corrected chi connectivity index (χ3v) is 5.32. The maximum absolute atomic E-state index is 10.6. The molecule has 1 fully saturated rings. The molecular weight excluding hydrogens is 270 g/mol. The third kappa shape index (κ3) is 3.41. The maximum Gasteiger partial charge on any atom is 0.313 e. The Morgan fingerprint density at radius 1 is 1.50 bits per heavy atom. The number of aromatic nitrogens is 3. The Balaban J connectivity index is 1.96. The van der Waals surface area contributed by atoms with Gasteiger partial charge in [-0.1, -0.05) is 11.8 Å². The zero-order valence-electron chi connectivity index (χ0n) is 10.3. The summed E-state index contributed by atoms with van der Waals surface area (Å²) in [6.07, 6.45) is 8.58. The topological polar surface area (TPSA) is 68.0 Å². The predicted octanol–water partition coefficient (Wildman–Crippen LogP) is 2.30. The van der Waals surface area contributed by atoms with Gasteiger partial charge in [0.1, 0.15) is 6.33 Å². The van der Waals surface area contributed by atoms with Gasteiger partial charge in [-0.2, -0.15) is 11.8 Å². The van der Waals surface area contributed by atoms with Crippen molar-refractivity contribution in [2.24, 2.45) is 0 Å². The van der Waals surface area contributed by atoms with Crippen molar-refractivity contribution >= 4 is 29.5 Å². The lowest BCUT2D eigenvalue weighted by Gasteiger charge is -2.28. The minimum Gasteiger partial charge on any atom is -0.481 e.